The summed E-state index contributed by atoms with van der Waals surface area (Å²) >= 11 is 0. The maximum absolute atomic E-state index is 11.3. The van der Waals surface area contributed by atoms with Crippen molar-refractivity contribution < 1.29 is 4.79 Å². The van der Waals surface area contributed by atoms with Crippen LogP contribution in [0.4, 0.5) is 5.69 Å². The summed E-state index contributed by atoms with van der Waals surface area (Å²) in [6.07, 6.45) is 4.78. The Kier molecular flexibility index (Phi) is 2.51. The van der Waals surface area contributed by atoms with E-state index < -0.39 is 5.91 Å². The topological polar surface area (TPSA) is 94.9 Å². The van der Waals surface area contributed by atoms with Gasteiger partial charge in [0, 0.05) is 29.8 Å². The maximum atomic E-state index is 11.3. The van der Waals surface area contributed by atoms with E-state index in [9.17, 15) is 4.79 Å². The van der Waals surface area contributed by atoms with E-state index in [0.29, 0.717) is 16.9 Å². The normalized spacial score (nSPS) is 10.0. The predicted molar refractivity (Wildman–Crippen MR) is 60.4 cm³/mol. The molecule has 2 heterocycles. The average Bonchev–Trinajstić information content (AvgIpc) is 2.29. The number of rotatable bonds is 2. The second kappa shape index (κ2) is 3.98. The minimum Gasteiger partial charge on any atom is -0.398 e. The van der Waals surface area contributed by atoms with Crippen LogP contribution in [0, 0.1) is 0 Å². The monoisotopic (exact) mass is 214 g/mol. The van der Waals surface area contributed by atoms with Crippen LogP contribution in [0.1, 0.15) is 10.4 Å². The third-order valence-corrected chi connectivity index (χ3v) is 2.16. The van der Waals surface area contributed by atoms with Gasteiger partial charge in [-0.15, -0.1) is 0 Å². The summed E-state index contributed by atoms with van der Waals surface area (Å²) in [5.41, 5.74) is 12.7. The highest BCUT2D eigenvalue weighted by molar-refractivity contribution is 6.03. The van der Waals surface area contributed by atoms with Gasteiger partial charge < -0.3 is 11.5 Å². The number of hydrogen-bond acceptors (Lipinski definition) is 4. The number of pyridine rings is 2. The molecule has 5 heteroatoms. The first kappa shape index (κ1) is 10.1. The summed E-state index contributed by atoms with van der Waals surface area (Å²) in [6.45, 7) is 0. The van der Waals surface area contributed by atoms with Gasteiger partial charge in [0.15, 0.2) is 0 Å². The standard InChI is InChI=1S/C11H10N4O/c12-8-3-5-15-10(9(8)11(13)16)7-2-1-4-14-6-7/h1-6H,(H2,12,15)(H2,13,16). The van der Waals surface area contributed by atoms with E-state index in [4.69, 9.17) is 11.5 Å². The summed E-state index contributed by atoms with van der Waals surface area (Å²) in [6, 6.07) is 5.09. The Morgan fingerprint density at radius 3 is 2.69 bits per heavy atom. The second-order valence-electron chi connectivity index (χ2n) is 3.23. The zero-order chi connectivity index (χ0) is 11.5. The van der Waals surface area contributed by atoms with Crippen LogP contribution in [0.3, 0.4) is 0 Å². The van der Waals surface area contributed by atoms with Crippen molar-refractivity contribution >= 4 is 11.6 Å². The largest absolute Gasteiger partial charge is 0.398 e. The molecule has 0 spiro atoms. The summed E-state index contributed by atoms with van der Waals surface area (Å²) in [7, 11) is 0. The Bertz CT molecular complexity index is 525. The van der Waals surface area contributed by atoms with Crippen LogP contribution in [-0.2, 0) is 0 Å². The van der Waals surface area contributed by atoms with Crippen LogP contribution in [0.2, 0.25) is 0 Å². The molecule has 0 aliphatic carbocycles. The van der Waals surface area contributed by atoms with Crippen LogP contribution >= 0.6 is 0 Å². The zero-order valence-electron chi connectivity index (χ0n) is 8.42. The lowest BCUT2D eigenvalue weighted by Gasteiger charge is -2.07. The minimum atomic E-state index is -0.593. The van der Waals surface area contributed by atoms with Crippen molar-refractivity contribution in [3.8, 4) is 11.3 Å². The van der Waals surface area contributed by atoms with E-state index in [-0.39, 0.29) is 5.56 Å². The predicted octanol–water partition coefficient (Wildman–Crippen LogP) is 0.825. The van der Waals surface area contributed by atoms with Gasteiger partial charge in [0.2, 0.25) is 0 Å². The average molecular weight is 214 g/mol. The molecule has 0 aliphatic heterocycles. The highest BCUT2D eigenvalue weighted by atomic mass is 16.1. The van der Waals surface area contributed by atoms with Gasteiger partial charge in [0.25, 0.3) is 5.91 Å². The molecule has 80 valence electrons. The van der Waals surface area contributed by atoms with Gasteiger partial charge >= 0.3 is 0 Å². The quantitative estimate of drug-likeness (QED) is 0.773. The molecule has 2 rings (SSSR count). The fourth-order valence-corrected chi connectivity index (χ4v) is 1.46. The van der Waals surface area contributed by atoms with E-state index >= 15 is 0 Å². The Labute approximate surface area is 92.1 Å². The third kappa shape index (κ3) is 1.70. The molecule has 0 aromatic carbocycles. The molecule has 0 aliphatic rings. The van der Waals surface area contributed by atoms with Crippen molar-refractivity contribution in [2.45, 2.75) is 0 Å². The Hall–Kier alpha value is -2.43. The smallest absolute Gasteiger partial charge is 0.253 e. The van der Waals surface area contributed by atoms with Gasteiger partial charge in [-0.2, -0.15) is 0 Å². The van der Waals surface area contributed by atoms with Crippen molar-refractivity contribution in [1.82, 2.24) is 9.97 Å². The summed E-state index contributed by atoms with van der Waals surface area (Å²) < 4.78 is 0. The van der Waals surface area contributed by atoms with E-state index in [0.717, 1.165) is 0 Å². The molecule has 0 bridgehead atoms. The van der Waals surface area contributed by atoms with E-state index in [1.807, 2.05) is 0 Å². The lowest BCUT2D eigenvalue weighted by molar-refractivity contribution is 0.100. The fraction of sp³-hybridized carbons (Fsp3) is 0. The molecule has 4 N–H and O–H groups in total. The SMILES string of the molecule is NC(=O)c1c(N)ccnc1-c1cccnc1. The highest BCUT2D eigenvalue weighted by Crippen LogP contribution is 2.23. The van der Waals surface area contributed by atoms with E-state index in [2.05, 4.69) is 9.97 Å². The number of hydrogen-bond donors (Lipinski definition) is 2. The van der Waals surface area contributed by atoms with Crippen LogP contribution in [0.25, 0.3) is 11.3 Å². The van der Waals surface area contributed by atoms with Crippen LogP contribution in [0.5, 0.6) is 0 Å². The number of nitrogens with zero attached hydrogens (tertiary/aromatic N) is 2. The molecule has 0 atom stereocenters. The number of carbonyl (C=O) groups is 1. The lowest BCUT2D eigenvalue weighted by Crippen LogP contribution is -2.15. The summed E-state index contributed by atoms with van der Waals surface area (Å²) in [5.74, 6) is -0.593. The van der Waals surface area contributed by atoms with Gasteiger partial charge in [-0.3, -0.25) is 14.8 Å². The molecular formula is C11H10N4O. The van der Waals surface area contributed by atoms with Crippen molar-refractivity contribution in [2.75, 3.05) is 5.73 Å². The molecule has 0 saturated carbocycles. The van der Waals surface area contributed by atoms with E-state index in [1.165, 1.54) is 6.20 Å². The van der Waals surface area contributed by atoms with Crippen molar-refractivity contribution in [2.24, 2.45) is 5.73 Å². The Morgan fingerprint density at radius 2 is 2.06 bits per heavy atom. The van der Waals surface area contributed by atoms with Crippen molar-refractivity contribution in [3.05, 3.63) is 42.4 Å². The number of primary amides is 1. The molecule has 2 aromatic heterocycles. The first-order valence-electron chi connectivity index (χ1n) is 4.65. The minimum absolute atomic E-state index is 0.232. The number of nitrogens with two attached hydrogens (primary N) is 2. The number of nitrogen functional groups attached to an aromatic ring is 1. The third-order valence-electron chi connectivity index (χ3n) is 2.16. The molecule has 0 radical (unpaired) electrons. The molecule has 1 amide bonds. The number of amides is 1. The lowest BCUT2D eigenvalue weighted by atomic mass is 10.1. The Balaban J connectivity index is 2.66. The molecule has 2 aromatic rings. The van der Waals surface area contributed by atoms with Gasteiger partial charge in [-0.25, -0.2) is 0 Å². The maximum Gasteiger partial charge on any atom is 0.253 e. The molecule has 0 fully saturated rings. The molecule has 0 unspecified atom stereocenters. The highest BCUT2D eigenvalue weighted by Gasteiger charge is 2.14. The number of anilines is 1. The van der Waals surface area contributed by atoms with Gasteiger partial charge in [-0.05, 0) is 18.2 Å². The van der Waals surface area contributed by atoms with Crippen LogP contribution in [-0.4, -0.2) is 15.9 Å². The van der Waals surface area contributed by atoms with Crippen LogP contribution < -0.4 is 11.5 Å². The summed E-state index contributed by atoms with van der Waals surface area (Å²) in [5, 5.41) is 0. The molecule has 5 nitrogen and oxygen atoms in total. The molecule has 0 saturated heterocycles. The number of carbonyl (C=O) groups excluding carboxylic acids is 1. The van der Waals surface area contributed by atoms with Crippen molar-refractivity contribution in [1.29, 1.82) is 0 Å². The fourth-order valence-electron chi connectivity index (χ4n) is 1.46. The molecular weight excluding hydrogens is 204 g/mol. The second-order valence-corrected chi connectivity index (χ2v) is 3.23. The van der Waals surface area contributed by atoms with Crippen LogP contribution in [0.15, 0.2) is 36.8 Å². The van der Waals surface area contributed by atoms with E-state index in [1.54, 1.807) is 30.6 Å². The number of aromatic nitrogens is 2. The van der Waals surface area contributed by atoms with Gasteiger partial charge in [0.1, 0.15) is 0 Å². The van der Waals surface area contributed by atoms with Gasteiger partial charge in [0.05, 0.1) is 11.3 Å². The first-order valence-corrected chi connectivity index (χ1v) is 4.65. The first-order chi connectivity index (χ1) is 7.70. The van der Waals surface area contributed by atoms with Crippen molar-refractivity contribution in [3.63, 3.8) is 0 Å². The Morgan fingerprint density at radius 1 is 1.25 bits per heavy atom. The molecule has 16 heavy (non-hydrogen) atoms. The summed E-state index contributed by atoms with van der Waals surface area (Å²) in [4.78, 5) is 19.4. The van der Waals surface area contributed by atoms with Gasteiger partial charge in [-0.1, -0.05) is 0 Å². The zero-order valence-corrected chi connectivity index (χ0v) is 8.42.